The number of benzene rings is 1. The number of nitrogens with one attached hydrogen (secondary N) is 1. The van der Waals surface area contributed by atoms with Crippen molar-refractivity contribution in [3.63, 3.8) is 0 Å². The van der Waals surface area contributed by atoms with E-state index >= 15 is 0 Å². The second-order valence-corrected chi connectivity index (χ2v) is 12.8. The van der Waals surface area contributed by atoms with E-state index in [9.17, 15) is 14.4 Å². The van der Waals surface area contributed by atoms with Gasteiger partial charge in [-0.05, 0) is 74.6 Å². The number of hydrogen-bond acceptors (Lipinski definition) is 5. The molecule has 2 fully saturated rings. The molecule has 5 rings (SSSR count). The summed E-state index contributed by atoms with van der Waals surface area (Å²) in [6.07, 6.45) is 10.9. The van der Waals surface area contributed by atoms with Gasteiger partial charge in [-0.1, -0.05) is 46.1 Å². The molecular formula is C32H46N4O3. The molecule has 0 radical (unpaired) electrons. The molecule has 3 heterocycles. The summed E-state index contributed by atoms with van der Waals surface area (Å²) in [6, 6.07) is 4.19. The first-order valence-corrected chi connectivity index (χ1v) is 15.3. The van der Waals surface area contributed by atoms with Crippen molar-refractivity contribution in [3.8, 4) is 0 Å². The molecule has 7 nitrogen and oxygen atoms in total. The minimum Gasteiger partial charge on any atom is -0.327 e. The standard InChI is InChI=1S/C32H46N4O3/c1-5-27(38)26-17-32-18-28(32)36(26)29(39)19-35-31-24(11-9-7-6-8-10-14-33-20-32)15-23(13-12-21(2)3)16-25(31)30(34-35)22(4)37/h15-16,21,26,28,33H,5-14,17-20H2,1-4H3/t26-,28+,32-/m0/s1. The maximum Gasteiger partial charge on any atom is 0.245 e. The van der Waals surface area contributed by atoms with E-state index in [2.05, 4.69) is 31.3 Å². The summed E-state index contributed by atoms with van der Waals surface area (Å²) in [4.78, 5) is 41.6. The highest BCUT2D eigenvalue weighted by molar-refractivity contribution is 6.06. The Morgan fingerprint density at radius 2 is 1.90 bits per heavy atom. The average Bonchev–Trinajstić information content (AvgIpc) is 3.31. The van der Waals surface area contributed by atoms with Crippen LogP contribution in [0.5, 0.6) is 0 Å². The van der Waals surface area contributed by atoms with E-state index in [1.807, 2.05) is 11.8 Å². The highest BCUT2D eigenvalue weighted by Gasteiger charge is 2.66. The molecule has 1 saturated carbocycles. The van der Waals surface area contributed by atoms with E-state index < -0.39 is 0 Å². The molecule has 1 aliphatic carbocycles. The van der Waals surface area contributed by atoms with Crippen LogP contribution in [-0.4, -0.2) is 57.3 Å². The van der Waals surface area contributed by atoms with Crippen LogP contribution in [0.4, 0.5) is 0 Å². The van der Waals surface area contributed by atoms with Crippen LogP contribution in [0.25, 0.3) is 10.9 Å². The lowest BCUT2D eigenvalue weighted by Gasteiger charge is -2.26. The quantitative estimate of drug-likeness (QED) is 0.511. The molecule has 1 N–H and O–H groups in total. The summed E-state index contributed by atoms with van der Waals surface area (Å²) in [6.45, 7) is 9.86. The van der Waals surface area contributed by atoms with Crippen LogP contribution in [0.1, 0.15) is 107 Å². The Bertz CT molecular complexity index is 1250. The van der Waals surface area contributed by atoms with Gasteiger partial charge in [0.15, 0.2) is 11.6 Å². The van der Waals surface area contributed by atoms with Crippen molar-refractivity contribution in [2.45, 2.75) is 117 Å². The van der Waals surface area contributed by atoms with Gasteiger partial charge in [0.2, 0.25) is 5.91 Å². The van der Waals surface area contributed by atoms with Crippen LogP contribution >= 0.6 is 0 Å². The summed E-state index contributed by atoms with van der Waals surface area (Å²) in [7, 11) is 0. The van der Waals surface area contributed by atoms with Crippen molar-refractivity contribution in [2.75, 3.05) is 13.1 Å². The largest absolute Gasteiger partial charge is 0.327 e. The smallest absolute Gasteiger partial charge is 0.245 e. The third-order valence-corrected chi connectivity index (χ3v) is 9.31. The zero-order chi connectivity index (χ0) is 27.7. The molecule has 1 amide bonds. The molecule has 2 bridgehead atoms. The lowest BCUT2D eigenvalue weighted by molar-refractivity contribution is -0.139. The molecule has 1 aromatic carbocycles. The third kappa shape index (κ3) is 5.70. The Balaban J connectivity index is 1.55. The Morgan fingerprint density at radius 3 is 2.64 bits per heavy atom. The number of Topliss-reactive ketones (excluding diaryl/α,β-unsaturated/α-hetero) is 2. The van der Waals surface area contributed by atoms with Gasteiger partial charge in [-0.2, -0.15) is 5.10 Å². The zero-order valence-corrected chi connectivity index (χ0v) is 24.4. The molecular weight excluding hydrogens is 488 g/mol. The van der Waals surface area contributed by atoms with Crippen LogP contribution in [0, 0.1) is 11.3 Å². The predicted molar refractivity (Wildman–Crippen MR) is 154 cm³/mol. The number of carbonyl (C=O) groups is 3. The Morgan fingerprint density at radius 1 is 1.13 bits per heavy atom. The summed E-state index contributed by atoms with van der Waals surface area (Å²) in [5.41, 5.74) is 3.83. The molecule has 0 spiro atoms. The number of hydrogen-bond donors (Lipinski definition) is 1. The number of amides is 1. The molecule has 2 aromatic rings. The van der Waals surface area contributed by atoms with Crippen LogP contribution in [-0.2, 0) is 29.0 Å². The monoisotopic (exact) mass is 534 g/mol. The zero-order valence-electron chi connectivity index (χ0n) is 24.4. The molecule has 0 unspecified atom stereocenters. The lowest BCUT2D eigenvalue weighted by Crippen LogP contribution is -2.44. The van der Waals surface area contributed by atoms with Gasteiger partial charge in [0.05, 0.1) is 11.6 Å². The topological polar surface area (TPSA) is 84.3 Å². The maximum atomic E-state index is 14.0. The Labute approximate surface area is 233 Å². The van der Waals surface area contributed by atoms with Crippen LogP contribution in [0.3, 0.4) is 0 Å². The first kappa shape index (κ1) is 28.0. The normalized spacial score (nSPS) is 26.1. The van der Waals surface area contributed by atoms with E-state index in [0.717, 1.165) is 68.9 Å². The van der Waals surface area contributed by atoms with Crippen LogP contribution in [0.15, 0.2) is 12.1 Å². The number of carbonyl (C=O) groups excluding carboxylic acids is 3. The molecule has 3 aliphatic rings. The summed E-state index contributed by atoms with van der Waals surface area (Å²) >= 11 is 0. The minimum absolute atomic E-state index is 0.0202. The number of aromatic nitrogens is 2. The number of piperidine rings is 1. The summed E-state index contributed by atoms with van der Waals surface area (Å²) < 4.78 is 1.78. The van der Waals surface area contributed by atoms with Crippen molar-refractivity contribution in [3.05, 3.63) is 29.0 Å². The average molecular weight is 535 g/mol. The van der Waals surface area contributed by atoms with Crippen LogP contribution < -0.4 is 5.32 Å². The second-order valence-electron chi connectivity index (χ2n) is 12.8. The second kappa shape index (κ2) is 11.5. The Hall–Kier alpha value is -2.54. The molecule has 2 aliphatic heterocycles. The highest BCUT2D eigenvalue weighted by atomic mass is 16.2. The fourth-order valence-corrected chi connectivity index (χ4v) is 7.03. The number of rotatable bonds is 6. The van der Waals surface area contributed by atoms with Gasteiger partial charge in [-0.25, -0.2) is 0 Å². The third-order valence-electron chi connectivity index (χ3n) is 9.31. The predicted octanol–water partition coefficient (Wildman–Crippen LogP) is 5.26. The van der Waals surface area contributed by atoms with Gasteiger partial charge in [0.1, 0.15) is 12.2 Å². The SMILES string of the molecule is CCC(=O)[C@@H]1C[C@]23CNCCCCCCCc4cc(CCC(C)C)cc5c(C(C)=O)nn(c45)CC(=O)N1[C@@H]2C3. The van der Waals surface area contributed by atoms with Gasteiger partial charge in [0.25, 0.3) is 0 Å². The first-order chi connectivity index (χ1) is 18.7. The minimum atomic E-state index is -0.349. The molecule has 1 saturated heterocycles. The van der Waals surface area contributed by atoms with Crippen molar-refractivity contribution in [1.29, 1.82) is 0 Å². The molecule has 212 valence electrons. The van der Waals surface area contributed by atoms with Crippen molar-refractivity contribution >= 4 is 28.4 Å². The van der Waals surface area contributed by atoms with E-state index in [1.54, 1.807) is 11.6 Å². The maximum absolute atomic E-state index is 14.0. The lowest BCUT2D eigenvalue weighted by atomic mass is 9.95. The van der Waals surface area contributed by atoms with Gasteiger partial charge >= 0.3 is 0 Å². The molecule has 7 heteroatoms. The summed E-state index contributed by atoms with van der Waals surface area (Å²) in [5, 5.41) is 9.28. The van der Waals surface area contributed by atoms with Gasteiger partial charge in [0, 0.05) is 36.7 Å². The number of nitrogens with zero attached hydrogens (tertiary/aromatic N) is 3. The van der Waals surface area contributed by atoms with Gasteiger partial charge < -0.3 is 10.2 Å². The van der Waals surface area contributed by atoms with E-state index in [4.69, 9.17) is 5.10 Å². The molecule has 1 aromatic heterocycles. The van der Waals surface area contributed by atoms with Gasteiger partial charge in [-0.3, -0.25) is 19.1 Å². The fourth-order valence-electron chi connectivity index (χ4n) is 7.03. The first-order valence-electron chi connectivity index (χ1n) is 15.3. The van der Waals surface area contributed by atoms with E-state index in [1.165, 1.54) is 30.4 Å². The number of ketones is 2. The van der Waals surface area contributed by atoms with Crippen molar-refractivity contribution in [1.82, 2.24) is 20.0 Å². The molecule has 3 atom stereocenters. The highest BCUT2D eigenvalue weighted by Crippen LogP contribution is 2.59. The van der Waals surface area contributed by atoms with E-state index in [-0.39, 0.29) is 41.5 Å². The number of aryl methyl sites for hydroxylation is 2. The van der Waals surface area contributed by atoms with Crippen molar-refractivity contribution < 1.29 is 14.4 Å². The summed E-state index contributed by atoms with van der Waals surface area (Å²) in [5.74, 6) is 0.620. The molecule has 39 heavy (non-hydrogen) atoms. The van der Waals surface area contributed by atoms with Gasteiger partial charge in [-0.15, -0.1) is 0 Å². The Kier molecular flexibility index (Phi) is 8.27. The van der Waals surface area contributed by atoms with E-state index in [0.29, 0.717) is 18.0 Å². The van der Waals surface area contributed by atoms with Crippen LogP contribution in [0.2, 0.25) is 0 Å². The fraction of sp³-hybridized carbons (Fsp3) is 0.688. The van der Waals surface area contributed by atoms with Crippen molar-refractivity contribution in [2.24, 2.45) is 11.3 Å².